The summed E-state index contributed by atoms with van der Waals surface area (Å²) in [6, 6.07) is 13.9. The van der Waals surface area contributed by atoms with E-state index in [1.807, 2.05) is 30.3 Å². The Morgan fingerprint density at radius 3 is 2.62 bits per heavy atom. The van der Waals surface area contributed by atoms with Crippen LogP contribution in [0.4, 0.5) is 5.69 Å². The number of anilines is 1. The van der Waals surface area contributed by atoms with Gasteiger partial charge in [-0.05, 0) is 17.7 Å². The quantitative estimate of drug-likeness (QED) is 0.879. The highest BCUT2D eigenvalue weighted by Gasteiger charge is 2.34. The third-order valence-corrected chi connectivity index (χ3v) is 3.86. The van der Waals surface area contributed by atoms with Gasteiger partial charge in [0.1, 0.15) is 11.5 Å². The largest absolute Gasteiger partial charge is 0.508 e. The van der Waals surface area contributed by atoms with Gasteiger partial charge in [-0.3, -0.25) is 9.59 Å². The van der Waals surface area contributed by atoms with Gasteiger partial charge in [0.15, 0.2) is 6.10 Å². The van der Waals surface area contributed by atoms with Crippen molar-refractivity contribution in [1.29, 1.82) is 0 Å². The number of hydrogen-bond acceptors (Lipinski definition) is 4. The predicted octanol–water partition coefficient (Wildman–Crippen LogP) is 2.20. The summed E-state index contributed by atoms with van der Waals surface area (Å²) in [4.78, 5) is 25.0. The minimum atomic E-state index is -0.978. The first kappa shape index (κ1) is 15.9. The number of phenolic OH excluding ortho intramolecular Hbond substituents is 1. The number of carboxylic acids is 1. The van der Waals surface area contributed by atoms with E-state index in [9.17, 15) is 14.7 Å². The number of amides is 1. The second-order valence-corrected chi connectivity index (χ2v) is 5.58. The van der Waals surface area contributed by atoms with Crippen LogP contribution >= 0.6 is 0 Å². The van der Waals surface area contributed by atoms with E-state index in [0.717, 1.165) is 5.56 Å². The molecule has 3 rings (SSSR count). The van der Waals surface area contributed by atoms with Gasteiger partial charge in [0.2, 0.25) is 0 Å². The molecule has 6 heteroatoms. The first-order valence-electron chi connectivity index (χ1n) is 7.61. The number of hydrogen-bond donors (Lipinski definition) is 2. The lowest BCUT2D eigenvalue weighted by Gasteiger charge is -2.34. The number of carbonyl (C=O) groups excluding carboxylic acids is 1. The van der Waals surface area contributed by atoms with Crippen LogP contribution in [0.1, 0.15) is 12.0 Å². The van der Waals surface area contributed by atoms with Crippen LogP contribution in [0.3, 0.4) is 0 Å². The Labute approximate surface area is 138 Å². The smallest absolute Gasteiger partial charge is 0.305 e. The SMILES string of the molecule is O=C(O)CCN1C(=O)C(Cc2ccccc2)Oc2cc(O)ccc21. The fourth-order valence-electron chi connectivity index (χ4n) is 2.71. The second kappa shape index (κ2) is 6.62. The van der Waals surface area contributed by atoms with Crippen molar-refractivity contribution >= 4 is 17.6 Å². The van der Waals surface area contributed by atoms with E-state index in [-0.39, 0.29) is 24.6 Å². The number of rotatable bonds is 5. The average molecular weight is 327 g/mol. The summed E-state index contributed by atoms with van der Waals surface area (Å²) in [6.07, 6.45) is -0.543. The lowest BCUT2D eigenvalue weighted by atomic mass is 10.0. The zero-order chi connectivity index (χ0) is 17.1. The number of aliphatic carboxylic acids is 1. The molecule has 1 unspecified atom stereocenters. The van der Waals surface area contributed by atoms with Gasteiger partial charge < -0.3 is 19.8 Å². The molecule has 2 N–H and O–H groups in total. The molecule has 0 saturated heterocycles. The Balaban J connectivity index is 1.90. The Kier molecular flexibility index (Phi) is 4.37. The Hall–Kier alpha value is -3.02. The summed E-state index contributed by atoms with van der Waals surface area (Å²) in [5.41, 5.74) is 1.42. The molecule has 124 valence electrons. The Morgan fingerprint density at radius 1 is 1.17 bits per heavy atom. The standard InChI is InChI=1S/C18H17NO5/c20-13-6-7-14-15(11-13)24-16(10-12-4-2-1-3-5-12)18(23)19(14)9-8-17(21)22/h1-7,11,16,20H,8-10H2,(H,21,22). The molecule has 0 spiro atoms. The van der Waals surface area contributed by atoms with Crippen LogP contribution in [0.2, 0.25) is 0 Å². The summed E-state index contributed by atoms with van der Waals surface area (Å²) in [7, 11) is 0. The molecular weight excluding hydrogens is 310 g/mol. The van der Waals surface area contributed by atoms with Crippen LogP contribution in [-0.4, -0.2) is 34.7 Å². The third kappa shape index (κ3) is 3.32. The van der Waals surface area contributed by atoms with Gasteiger partial charge in [-0.1, -0.05) is 30.3 Å². The zero-order valence-electron chi connectivity index (χ0n) is 12.9. The monoisotopic (exact) mass is 327 g/mol. The molecule has 1 aliphatic heterocycles. The number of benzene rings is 2. The molecular formula is C18H17NO5. The van der Waals surface area contributed by atoms with Crippen molar-refractivity contribution < 1.29 is 24.5 Å². The van der Waals surface area contributed by atoms with E-state index >= 15 is 0 Å². The normalized spacial score (nSPS) is 16.4. The van der Waals surface area contributed by atoms with E-state index in [1.54, 1.807) is 6.07 Å². The second-order valence-electron chi connectivity index (χ2n) is 5.58. The van der Waals surface area contributed by atoms with Crippen molar-refractivity contribution in [2.24, 2.45) is 0 Å². The van der Waals surface area contributed by atoms with E-state index in [1.165, 1.54) is 17.0 Å². The van der Waals surface area contributed by atoms with Crippen molar-refractivity contribution in [3.63, 3.8) is 0 Å². The number of ether oxygens (including phenoxy) is 1. The number of fused-ring (bicyclic) bond motifs is 1. The van der Waals surface area contributed by atoms with Crippen molar-refractivity contribution in [3.05, 3.63) is 54.1 Å². The number of carboxylic acid groups (broad SMARTS) is 1. The van der Waals surface area contributed by atoms with Crippen LogP contribution in [-0.2, 0) is 16.0 Å². The number of aromatic hydroxyl groups is 1. The van der Waals surface area contributed by atoms with Gasteiger partial charge in [-0.25, -0.2) is 0 Å². The highest BCUT2D eigenvalue weighted by molar-refractivity contribution is 6.00. The summed E-state index contributed by atoms with van der Waals surface area (Å²) in [5, 5.41) is 18.6. The number of carbonyl (C=O) groups is 2. The summed E-state index contributed by atoms with van der Waals surface area (Å²) >= 11 is 0. The van der Waals surface area contributed by atoms with Gasteiger partial charge in [0.05, 0.1) is 12.1 Å². The number of phenols is 1. The first-order valence-corrected chi connectivity index (χ1v) is 7.61. The lowest BCUT2D eigenvalue weighted by Crippen LogP contribution is -2.47. The average Bonchev–Trinajstić information content (AvgIpc) is 2.56. The molecule has 1 aliphatic rings. The number of nitrogens with zero attached hydrogens (tertiary/aromatic N) is 1. The zero-order valence-corrected chi connectivity index (χ0v) is 12.9. The molecule has 24 heavy (non-hydrogen) atoms. The van der Waals surface area contributed by atoms with Gasteiger partial charge in [0.25, 0.3) is 5.91 Å². The molecule has 0 aromatic heterocycles. The maximum absolute atomic E-state index is 12.7. The maximum Gasteiger partial charge on any atom is 0.305 e. The molecule has 1 atom stereocenters. The fourth-order valence-corrected chi connectivity index (χ4v) is 2.71. The van der Waals surface area contributed by atoms with Crippen molar-refractivity contribution in [3.8, 4) is 11.5 Å². The van der Waals surface area contributed by atoms with E-state index in [4.69, 9.17) is 9.84 Å². The summed E-state index contributed by atoms with van der Waals surface area (Å²) < 4.78 is 5.77. The van der Waals surface area contributed by atoms with Gasteiger partial charge in [0, 0.05) is 19.0 Å². The minimum Gasteiger partial charge on any atom is -0.508 e. The van der Waals surface area contributed by atoms with Crippen molar-refractivity contribution in [1.82, 2.24) is 0 Å². The fraction of sp³-hybridized carbons (Fsp3) is 0.222. The van der Waals surface area contributed by atoms with Gasteiger partial charge in [-0.15, -0.1) is 0 Å². The summed E-state index contributed by atoms with van der Waals surface area (Å²) in [5.74, 6) is -0.854. The molecule has 2 aromatic rings. The van der Waals surface area contributed by atoms with Crippen LogP contribution in [0, 0.1) is 0 Å². The molecule has 1 amide bonds. The van der Waals surface area contributed by atoms with Crippen LogP contribution < -0.4 is 9.64 Å². The minimum absolute atomic E-state index is 0.0275. The third-order valence-electron chi connectivity index (χ3n) is 3.86. The highest BCUT2D eigenvalue weighted by Crippen LogP contribution is 2.37. The Bertz CT molecular complexity index is 759. The molecule has 0 aliphatic carbocycles. The molecule has 1 heterocycles. The van der Waals surface area contributed by atoms with Crippen molar-refractivity contribution in [2.45, 2.75) is 18.9 Å². The van der Waals surface area contributed by atoms with E-state index in [0.29, 0.717) is 17.9 Å². The van der Waals surface area contributed by atoms with Crippen LogP contribution in [0.5, 0.6) is 11.5 Å². The molecule has 2 aromatic carbocycles. The van der Waals surface area contributed by atoms with Crippen LogP contribution in [0.15, 0.2) is 48.5 Å². The van der Waals surface area contributed by atoms with Crippen LogP contribution in [0.25, 0.3) is 0 Å². The van der Waals surface area contributed by atoms with E-state index in [2.05, 4.69) is 0 Å². The van der Waals surface area contributed by atoms with Gasteiger partial charge in [-0.2, -0.15) is 0 Å². The first-order chi connectivity index (χ1) is 11.5. The molecule has 0 saturated carbocycles. The van der Waals surface area contributed by atoms with Gasteiger partial charge >= 0.3 is 5.97 Å². The predicted molar refractivity (Wildman–Crippen MR) is 87.3 cm³/mol. The molecule has 6 nitrogen and oxygen atoms in total. The Morgan fingerprint density at radius 2 is 1.92 bits per heavy atom. The highest BCUT2D eigenvalue weighted by atomic mass is 16.5. The molecule has 0 fully saturated rings. The topological polar surface area (TPSA) is 87.1 Å². The summed E-state index contributed by atoms with van der Waals surface area (Å²) in [6.45, 7) is 0.0561. The molecule has 0 bridgehead atoms. The van der Waals surface area contributed by atoms with E-state index < -0.39 is 12.1 Å². The van der Waals surface area contributed by atoms with Crippen molar-refractivity contribution in [2.75, 3.05) is 11.4 Å². The molecule has 0 radical (unpaired) electrons. The lowest BCUT2D eigenvalue weighted by molar-refractivity contribution is -0.136. The maximum atomic E-state index is 12.7.